The Hall–Kier alpha value is -3.21. The van der Waals surface area contributed by atoms with Gasteiger partial charge >= 0.3 is 0 Å². The molecule has 1 aromatic heterocycles. The standard InChI is InChI=1S/C39H51N3O/c1-28-7-9-34(10-8-28)38(36-15-19-42(20-16-36)21-18-39(4,5)6)35-13-11-33(12-14-35)29(2)41-30(3)37-24-32(25-40-26-37)23-31-17-22-43-27-31/h7-14,24-26,29,31,41H,3,15-23,27H2,1-2,4-6H3/t29-,31?/m1/s1. The van der Waals surface area contributed by atoms with E-state index < -0.39 is 0 Å². The van der Waals surface area contributed by atoms with Crippen LogP contribution in [-0.4, -0.2) is 42.7 Å². The normalized spacial score (nSPS) is 18.4. The zero-order valence-corrected chi connectivity index (χ0v) is 27.1. The van der Waals surface area contributed by atoms with Crippen LogP contribution in [0.5, 0.6) is 0 Å². The lowest BCUT2D eigenvalue weighted by atomic mass is 9.87. The first kappa shape index (κ1) is 31.2. The van der Waals surface area contributed by atoms with E-state index in [-0.39, 0.29) is 6.04 Å². The van der Waals surface area contributed by atoms with Gasteiger partial charge in [-0.25, -0.2) is 0 Å². The summed E-state index contributed by atoms with van der Waals surface area (Å²) < 4.78 is 5.56. The number of nitrogens with one attached hydrogen (secondary N) is 1. The van der Waals surface area contributed by atoms with Crippen LogP contribution in [0.15, 0.2) is 79.1 Å². The number of aryl methyl sites for hydroxylation is 1. The van der Waals surface area contributed by atoms with E-state index in [1.165, 1.54) is 46.4 Å². The minimum Gasteiger partial charge on any atom is -0.381 e. The molecule has 3 heterocycles. The van der Waals surface area contributed by atoms with Crippen molar-refractivity contribution in [2.75, 3.05) is 32.8 Å². The molecule has 228 valence electrons. The predicted molar refractivity (Wildman–Crippen MR) is 181 cm³/mol. The third kappa shape index (κ3) is 8.68. The average Bonchev–Trinajstić information content (AvgIpc) is 3.51. The van der Waals surface area contributed by atoms with E-state index in [0.717, 1.165) is 63.2 Å². The van der Waals surface area contributed by atoms with Gasteiger partial charge in [-0.1, -0.05) is 87.0 Å². The van der Waals surface area contributed by atoms with Gasteiger partial charge in [0, 0.05) is 56.0 Å². The number of likely N-dealkylation sites (tertiary alicyclic amines) is 1. The molecule has 1 N–H and O–H groups in total. The molecule has 0 spiro atoms. The molecule has 4 nitrogen and oxygen atoms in total. The molecular weight excluding hydrogens is 526 g/mol. The van der Waals surface area contributed by atoms with Crippen LogP contribution in [0, 0.1) is 18.3 Å². The predicted octanol–water partition coefficient (Wildman–Crippen LogP) is 8.62. The molecule has 4 heteroatoms. The summed E-state index contributed by atoms with van der Waals surface area (Å²) in [4.78, 5) is 7.17. The maximum absolute atomic E-state index is 5.56. The molecule has 0 radical (unpaired) electrons. The fourth-order valence-electron chi connectivity index (χ4n) is 6.29. The van der Waals surface area contributed by atoms with Crippen LogP contribution in [0.25, 0.3) is 11.3 Å². The van der Waals surface area contributed by atoms with Crippen molar-refractivity contribution in [1.29, 1.82) is 0 Å². The SMILES string of the molecule is C=C(N[C@H](C)c1ccc(C(=C2CCN(CCC(C)(C)C)CC2)c2ccc(C)cc2)cc1)c1cncc(CC2CCOC2)c1. The Labute approximate surface area is 260 Å². The highest BCUT2D eigenvalue weighted by Crippen LogP contribution is 2.34. The second-order valence-corrected chi connectivity index (χ2v) is 14.0. The highest BCUT2D eigenvalue weighted by atomic mass is 16.5. The number of piperidine rings is 1. The van der Waals surface area contributed by atoms with E-state index in [9.17, 15) is 0 Å². The van der Waals surface area contributed by atoms with E-state index in [1.807, 2.05) is 12.4 Å². The fraction of sp³-hybridized carbons (Fsp3) is 0.462. The summed E-state index contributed by atoms with van der Waals surface area (Å²) in [6, 6.07) is 20.6. The zero-order valence-electron chi connectivity index (χ0n) is 27.1. The number of hydrogen-bond acceptors (Lipinski definition) is 4. The van der Waals surface area contributed by atoms with Crippen LogP contribution in [0.4, 0.5) is 0 Å². The molecule has 2 aliphatic rings. The maximum Gasteiger partial charge on any atom is 0.0498 e. The van der Waals surface area contributed by atoms with Crippen molar-refractivity contribution in [3.05, 3.63) is 113 Å². The van der Waals surface area contributed by atoms with E-state index in [4.69, 9.17) is 4.74 Å². The molecule has 3 aromatic rings. The molecule has 1 unspecified atom stereocenters. The first-order valence-electron chi connectivity index (χ1n) is 16.2. The van der Waals surface area contributed by atoms with Crippen molar-refractivity contribution in [3.8, 4) is 0 Å². The molecule has 2 atom stereocenters. The van der Waals surface area contributed by atoms with E-state index in [0.29, 0.717) is 11.3 Å². The Balaban J connectivity index is 1.28. The highest BCUT2D eigenvalue weighted by Gasteiger charge is 2.21. The Bertz CT molecular complexity index is 1380. The monoisotopic (exact) mass is 577 g/mol. The molecule has 0 aliphatic carbocycles. The molecule has 2 saturated heterocycles. The Kier molecular flexibility index (Phi) is 10.2. The first-order chi connectivity index (χ1) is 20.6. The van der Waals surface area contributed by atoms with E-state index >= 15 is 0 Å². The Morgan fingerprint density at radius 3 is 2.30 bits per heavy atom. The van der Waals surface area contributed by atoms with Crippen molar-refractivity contribution in [1.82, 2.24) is 15.2 Å². The lowest BCUT2D eigenvalue weighted by molar-refractivity contribution is 0.186. The molecule has 43 heavy (non-hydrogen) atoms. The Morgan fingerprint density at radius 1 is 1.00 bits per heavy atom. The topological polar surface area (TPSA) is 37.4 Å². The van der Waals surface area contributed by atoms with Crippen molar-refractivity contribution >= 4 is 11.3 Å². The van der Waals surface area contributed by atoms with Crippen molar-refractivity contribution < 1.29 is 4.74 Å². The van der Waals surface area contributed by atoms with Crippen LogP contribution in [0.2, 0.25) is 0 Å². The third-order valence-electron chi connectivity index (χ3n) is 9.11. The summed E-state index contributed by atoms with van der Waals surface area (Å²) in [5.74, 6) is 0.594. The van der Waals surface area contributed by atoms with Gasteiger partial charge in [0.15, 0.2) is 0 Å². The lowest BCUT2D eigenvalue weighted by Gasteiger charge is -2.32. The number of aromatic nitrogens is 1. The number of benzene rings is 2. The summed E-state index contributed by atoms with van der Waals surface area (Å²) in [5, 5.41) is 3.63. The van der Waals surface area contributed by atoms with Gasteiger partial charge in [-0.15, -0.1) is 0 Å². The largest absolute Gasteiger partial charge is 0.381 e. The summed E-state index contributed by atoms with van der Waals surface area (Å²) in [6.07, 6.45) is 9.55. The summed E-state index contributed by atoms with van der Waals surface area (Å²) >= 11 is 0. The molecule has 0 bridgehead atoms. The van der Waals surface area contributed by atoms with Gasteiger partial charge in [0.25, 0.3) is 0 Å². The van der Waals surface area contributed by atoms with Crippen LogP contribution in [0.3, 0.4) is 0 Å². The summed E-state index contributed by atoms with van der Waals surface area (Å²) in [5.41, 5.74) is 11.8. The van der Waals surface area contributed by atoms with Crippen molar-refractivity contribution in [2.24, 2.45) is 11.3 Å². The first-order valence-corrected chi connectivity index (χ1v) is 16.2. The van der Waals surface area contributed by atoms with E-state index in [2.05, 4.69) is 111 Å². The van der Waals surface area contributed by atoms with Crippen molar-refractivity contribution in [3.63, 3.8) is 0 Å². The van der Waals surface area contributed by atoms with Gasteiger partial charge in [0.1, 0.15) is 0 Å². The Morgan fingerprint density at radius 2 is 1.67 bits per heavy atom. The van der Waals surface area contributed by atoms with Crippen LogP contribution in [-0.2, 0) is 11.2 Å². The molecule has 2 aliphatic heterocycles. The van der Waals surface area contributed by atoms with Crippen molar-refractivity contribution in [2.45, 2.75) is 72.8 Å². The van der Waals surface area contributed by atoms with Gasteiger partial charge < -0.3 is 15.0 Å². The molecule has 5 rings (SSSR count). The quantitative estimate of drug-likeness (QED) is 0.262. The second-order valence-electron chi connectivity index (χ2n) is 14.0. The minimum absolute atomic E-state index is 0.134. The minimum atomic E-state index is 0.134. The molecule has 2 fully saturated rings. The van der Waals surface area contributed by atoms with Gasteiger partial charge in [-0.2, -0.15) is 0 Å². The van der Waals surface area contributed by atoms with Crippen LogP contribution < -0.4 is 5.32 Å². The van der Waals surface area contributed by atoms with Crippen LogP contribution in [0.1, 0.15) is 92.8 Å². The summed E-state index contributed by atoms with van der Waals surface area (Å²) in [7, 11) is 0. The average molecular weight is 578 g/mol. The number of nitrogens with zero attached hydrogens (tertiary/aromatic N) is 2. The van der Waals surface area contributed by atoms with Gasteiger partial charge in [-0.3, -0.25) is 4.98 Å². The number of pyridine rings is 1. The van der Waals surface area contributed by atoms with Crippen LogP contribution >= 0.6 is 0 Å². The van der Waals surface area contributed by atoms with Gasteiger partial charge in [0.05, 0.1) is 0 Å². The van der Waals surface area contributed by atoms with E-state index in [1.54, 1.807) is 5.57 Å². The molecule has 2 aromatic carbocycles. The van der Waals surface area contributed by atoms with Gasteiger partial charge in [0.2, 0.25) is 0 Å². The number of hydrogen-bond donors (Lipinski definition) is 1. The fourth-order valence-corrected chi connectivity index (χ4v) is 6.29. The highest BCUT2D eigenvalue weighted by molar-refractivity contribution is 5.82. The third-order valence-corrected chi connectivity index (χ3v) is 9.11. The second kappa shape index (κ2) is 14.1. The molecule has 0 saturated carbocycles. The number of rotatable bonds is 10. The lowest BCUT2D eigenvalue weighted by Crippen LogP contribution is -2.33. The smallest absolute Gasteiger partial charge is 0.0498 e. The van der Waals surface area contributed by atoms with Gasteiger partial charge in [-0.05, 0) is 97.7 Å². The number of ether oxygens (including phenoxy) is 1. The summed E-state index contributed by atoms with van der Waals surface area (Å²) in [6.45, 7) is 21.0. The molecule has 0 amide bonds. The maximum atomic E-state index is 5.56. The molecular formula is C39H51N3O. The zero-order chi connectivity index (χ0) is 30.4.